The lowest BCUT2D eigenvalue weighted by Gasteiger charge is -2.42. The zero-order valence-corrected chi connectivity index (χ0v) is 14.6. The second kappa shape index (κ2) is 6.24. The van der Waals surface area contributed by atoms with Gasteiger partial charge in [0.2, 0.25) is 10.0 Å². The Morgan fingerprint density at radius 3 is 2.74 bits per heavy atom. The number of piperidine rings is 1. The van der Waals surface area contributed by atoms with E-state index >= 15 is 0 Å². The Kier molecular flexibility index (Phi) is 4.47. The van der Waals surface area contributed by atoms with E-state index in [1.807, 2.05) is 42.7 Å². The number of rotatable bonds is 4. The van der Waals surface area contributed by atoms with Crippen molar-refractivity contribution in [2.24, 2.45) is 5.92 Å². The van der Waals surface area contributed by atoms with E-state index in [0.717, 1.165) is 12.1 Å². The summed E-state index contributed by atoms with van der Waals surface area (Å²) < 4.78 is 28.3. The van der Waals surface area contributed by atoms with Gasteiger partial charge < -0.3 is 4.57 Å². The molecule has 0 saturated carbocycles. The lowest BCUT2D eigenvalue weighted by molar-refractivity contribution is 0.186. The van der Waals surface area contributed by atoms with Gasteiger partial charge in [-0.05, 0) is 37.8 Å². The van der Waals surface area contributed by atoms with E-state index in [2.05, 4.69) is 0 Å². The lowest BCUT2D eigenvalue weighted by Crippen LogP contribution is -2.49. The van der Waals surface area contributed by atoms with E-state index in [1.165, 1.54) is 0 Å². The molecule has 126 valence electrons. The monoisotopic (exact) mass is 336 g/mol. The van der Waals surface area contributed by atoms with E-state index < -0.39 is 10.0 Å². The highest BCUT2D eigenvalue weighted by Gasteiger charge is 2.38. The minimum Gasteiger partial charge on any atom is -0.311 e. The van der Waals surface area contributed by atoms with Gasteiger partial charge >= 0.3 is 0 Å². The smallest absolute Gasteiger partial charge is 0.258 e. The zero-order valence-electron chi connectivity index (χ0n) is 13.7. The first-order valence-corrected chi connectivity index (χ1v) is 9.91. The average Bonchev–Trinajstić information content (AvgIpc) is 2.50. The minimum atomic E-state index is -3.17. The normalized spacial score (nSPS) is 24.8. The molecule has 0 aliphatic carbocycles. The predicted molar refractivity (Wildman–Crippen MR) is 91.9 cm³/mol. The Morgan fingerprint density at radius 2 is 2.04 bits per heavy atom. The zero-order chi connectivity index (χ0) is 16.6. The molecule has 6 heteroatoms. The SMILES string of the molecule is CC=Cc1ccc2n(c1=O)C[C@@H]1C[C@@H]2CN(S(=O)(=O)CCC)C1. The van der Waals surface area contributed by atoms with Crippen LogP contribution in [0, 0.1) is 5.92 Å². The summed E-state index contributed by atoms with van der Waals surface area (Å²) in [5, 5.41) is 0. The third-order valence-electron chi connectivity index (χ3n) is 4.80. The van der Waals surface area contributed by atoms with Gasteiger partial charge in [-0.3, -0.25) is 4.79 Å². The Morgan fingerprint density at radius 1 is 1.26 bits per heavy atom. The van der Waals surface area contributed by atoms with Crippen molar-refractivity contribution in [3.8, 4) is 0 Å². The van der Waals surface area contributed by atoms with Gasteiger partial charge in [-0.2, -0.15) is 0 Å². The van der Waals surface area contributed by atoms with E-state index in [9.17, 15) is 13.2 Å². The summed E-state index contributed by atoms with van der Waals surface area (Å²) in [7, 11) is -3.17. The molecule has 2 atom stereocenters. The van der Waals surface area contributed by atoms with Crippen molar-refractivity contribution in [3.63, 3.8) is 0 Å². The molecule has 1 aromatic heterocycles. The van der Waals surface area contributed by atoms with E-state index in [4.69, 9.17) is 0 Å². The molecule has 5 nitrogen and oxygen atoms in total. The summed E-state index contributed by atoms with van der Waals surface area (Å²) >= 11 is 0. The van der Waals surface area contributed by atoms with Crippen LogP contribution in [-0.2, 0) is 16.6 Å². The second-order valence-corrected chi connectivity index (χ2v) is 8.65. The molecule has 2 aliphatic rings. The van der Waals surface area contributed by atoms with Crippen LogP contribution < -0.4 is 5.56 Å². The quantitative estimate of drug-likeness (QED) is 0.845. The van der Waals surface area contributed by atoms with Crippen molar-refractivity contribution >= 4 is 16.1 Å². The minimum absolute atomic E-state index is 0.0418. The number of nitrogens with zero attached hydrogens (tertiary/aromatic N) is 2. The molecule has 2 bridgehead atoms. The summed E-state index contributed by atoms with van der Waals surface area (Å²) in [5.41, 5.74) is 1.72. The highest BCUT2D eigenvalue weighted by molar-refractivity contribution is 7.89. The maximum Gasteiger partial charge on any atom is 0.258 e. The Bertz CT molecular complexity index is 780. The number of aromatic nitrogens is 1. The van der Waals surface area contributed by atoms with Gasteiger partial charge in [0.25, 0.3) is 5.56 Å². The molecule has 0 spiro atoms. The van der Waals surface area contributed by atoms with Crippen LogP contribution in [0.25, 0.3) is 6.08 Å². The Labute approximate surface area is 137 Å². The standard InChI is InChI=1S/C17H24N2O3S/c1-3-5-14-6-7-16-15-9-13(11-19(16)17(14)20)10-18(12-15)23(21,22)8-4-2/h3,5-7,13,15H,4,8-12H2,1-2H3/t13-,15-/m1/s1. The number of sulfonamides is 1. The third kappa shape index (κ3) is 3.02. The van der Waals surface area contributed by atoms with Gasteiger partial charge in [0, 0.05) is 36.8 Å². The highest BCUT2D eigenvalue weighted by Crippen LogP contribution is 2.36. The molecule has 1 aromatic rings. The first kappa shape index (κ1) is 16.5. The van der Waals surface area contributed by atoms with Crippen molar-refractivity contribution in [1.29, 1.82) is 0 Å². The largest absolute Gasteiger partial charge is 0.311 e. The van der Waals surface area contributed by atoms with Crippen molar-refractivity contribution < 1.29 is 8.42 Å². The number of fused-ring (bicyclic) bond motifs is 4. The molecular formula is C17H24N2O3S. The third-order valence-corrected chi connectivity index (χ3v) is 6.81. The van der Waals surface area contributed by atoms with Crippen molar-refractivity contribution in [2.75, 3.05) is 18.8 Å². The number of pyridine rings is 1. The Balaban J connectivity index is 1.95. The van der Waals surface area contributed by atoms with E-state index in [1.54, 1.807) is 4.31 Å². The van der Waals surface area contributed by atoms with E-state index in [-0.39, 0.29) is 23.1 Å². The van der Waals surface area contributed by atoms with Crippen LogP contribution in [0.1, 0.15) is 43.9 Å². The second-order valence-electron chi connectivity index (χ2n) is 6.56. The summed E-state index contributed by atoms with van der Waals surface area (Å²) in [6, 6.07) is 3.85. The summed E-state index contributed by atoms with van der Waals surface area (Å²) in [6.45, 7) is 5.45. The number of hydrogen-bond acceptors (Lipinski definition) is 3. The molecule has 3 rings (SSSR count). The molecule has 0 amide bonds. The highest BCUT2D eigenvalue weighted by atomic mass is 32.2. The summed E-state index contributed by atoms with van der Waals surface area (Å²) in [4.78, 5) is 12.6. The molecule has 0 radical (unpaired) electrons. The topological polar surface area (TPSA) is 59.4 Å². The fourth-order valence-electron chi connectivity index (χ4n) is 3.84. The number of hydrogen-bond donors (Lipinski definition) is 0. The fourth-order valence-corrected chi connectivity index (χ4v) is 5.46. The molecule has 0 aromatic carbocycles. The average molecular weight is 336 g/mol. The molecule has 2 aliphatic heterocycles. The van der Waals surface area contributed by atoms with Gasteiger partial charge in [-0.15, -0.1) is 0 Å². The molecule has 1 saturated heterocycles. The molecule has 23 heavy (non-hydrogen) atoms. The first-order chi connectivity index (χ1) is 11.0. The van der Waals surface area contributed by atoms with Gasteiger partial charge in [0.1, 0.15) is 0 Å². The van der Waals surface area contributed by atoms with Crippen LogP contribution in [-0.4, -0.2) is 36.1 Å². The van der Waals surface area contributed by atoms with Gasteiger partial charge in [0.05, 0.1) is 5.75 Å². The fraction of sp³-hybridized carbons (Fsp3) is 0.588. The van der Waals surface area contributed by atoms with Crippen LogP contribution in [0.15, 0.2) is 23.0 Å². The molecule has 1 fully saturated rings. The maximum atomic E-state index is 12.6. The van der Waals surface area contributed by atoms with Crippen LogP contribution in [0.4, 0.5) is 0 Å². The summed E-state index contributed by atoms with van der Waals surface area (Å²) in [5.74, 6) is 0.562. The van der Waals surface area contributed by atoms with Crippen LogP contribution >= 0.6 is 0 Å². The predicted octanol–water partition coefficient (Wildman–Crippen LogP) is 2.04. The molecule has 3 heterocycles. The molecule has 0 N–H and O–H groups in total. The van der Waals surface area contributed by atoms with Gasteiger partial charge in [-0.25, -0.2) is 12.7 Å². The Hall–Kier alpha value is -1.40. The van der Waals surface area contributed by atoms with E-state index in [0.29, 0.717) is 31.6 Å². The van der Waals surface area contributed by atoms with Crippen molar-refractivity contribution in [3.05, 3.63) is 39.8 Å². The van der Waals surface area contributed by atoms with Crippen LogP contribution in [0.5, 0.6) is 0 Å². The van der Waals surface area contributed by atoms with Gasteiger partial charge in [0.15, 0.2) is 0 Å². The van der Waals surface area contributed by atoms with Crippen molar-refractivity contribution in [1.82, 2.24) is 8.87 Å². The lowest BCUT2D eigenvalue weighted by atomic mass is 9.84. The first-order valence-electron chi connectivity index (χ1n) is 8.30. The summed E-state index contributed by atoms with van der Waals surface area (Å²) in [6.07, 6.45) is 5.31. The van der Waals surface area contributed by atoms with Crippen molar-refractivity contribution in [2.45, 2.75) is 39.2 Å². The number of allylic oxidation sites excluding steroid dienone is 1. The molecule has 0 unspecified atom stereocenters. The maximum absolute atomic E-state index is 12.6. The van der Waals surface area contributed by atoms with Gasteiger partial charge in [-0.1, -0.05) is 19.1 Å². The molecular weight excluding hydrogens is 312 g/mol. The van der Waals surface area contributed by atoms with Crippen LogP contribution in [0.2, 0.25) is 0 Å². The van der Waals surface area contributed by atoms with Crippen LogP contribution in [0.3, 0.4) is 0 Å².